The number of hydrogen-bond acceptors (Lipinski definition) is 4. The minimum Gasteiger partial charge on any atom is -0.465 e. The molecule has 4 nitrogen and oxygen atoms in total. The highest BCUT2D eigenvalue weighted by molar-refractivity contribution is 9.11. The smallest absolute Gasteiger partial charge is 0.337 e. The number of hydrogen-bond donors (Lipinski definition) is 0. The molecule has 16 heavy (non-hydrogen) atoms. The second kappa shape index (κ2) is 5.45. The number of carbonyl (C=O) groups is 2. The summed E-state index contributed by atoms with van der Waals surface area (Å²) in [5, 5.41) is 0. The molecule has 0 aliphatic heterocycles. The summed E-state index contributed by atoms with van der Waals surface area (Å²) in [6.45, 7) is 1.30. The number of halogens is 2. The minimum atomic E-state index is -0.462. The molecule has 0 saturated carbocycles. The Labute approximate surface area is 109 Å². The second-order valence-corrected chi connectivity index (χ2v) is 4.56. The molecule has 0 bridgehead atoms. The molecule has 0 aromatic heterocycles. The molecular formula is C10H8Br2O4. The first-order valence-corrected chi connectivity index (χ1v) is 5.80. The van der Waals surface area contributed by atoms with Crippen LogP contribution in [-0.4, -0.2) is 19.0 Å². The molecule has 0 amide bonds. The van der Waals surface area contributed by atoms with Crippen LogP contribution in [0.2, 0.25) is 0 Å². The number of rotatable bonds is 2. The van der Waals surface area contributed by atoms with Crippen LogP contribution in [-0.2, 0) is 9.53 Å². The van der Waals surface area contributed by atoms with Crippen molar-refractivity contribution in [2.75, 3.05) is 7.11 Å². The van der Waals surface area contributed by atoms with Gasteiger partial charge in [-0.2, -0.15) is 0 Å². The summed E-state index contributed by atoms with van der Waals surface area (Å²) in [7, 11) is 1.30. The molecule has 0 aliphatic carbocycles. The topological polar surface area (TPSA) is 52.6 Å². The molecule has 0 spiro atoms. The SMILES string of the molecule is COC(=O)c1cc(Br)c(OC(C)=O)c(Br)c1. The highest BCUT2D eigenvalue weighted by atomic mass is 79.9. The minimum absolute atomic E-state index is 0.333. The first-order valence-electron chi connectivity index (χ1n) is 4.21. The Balaban J connectivity index is 3.17. The van der Waals surface area contributed by atoms with Crippen LogP contribution in [0.25, 0.3) is 0 Å². The zero-order valence-electron chi connectivity index (χ0n) is 8.54. The molecule has 0 radical (unpaired) electrons. The van der Waals surface area contributed by atoms with Gasteiger partial charge in [0.1, 0.15) is 0 Å². The fourth-order valence-corrected chi connectivity index (χ4v) is 2.39. The molecule has 0 atom stereocenters. The summed E-state index contributed by atoms with van der Waals surface area (Å²) in [6, 6.07) is 3.05. The first kappa shape index (κ1) is 13.2. The number of ether oxygens (including phenoxy) is 2. The van der Waals surface area contributed by atoms with Crippen LogP contribution in [0.3, 0.4) is 0 Å². The van der Waals surface area contributed by atoms with Gasteiger partial charge in [-0.15, -0.1) is 0 Å². The highest BCUT2D eigenvalue weighted by Crippen LogP contribution is 2.35. The van der Waals surface area contributed by atoms with E-state index in [9.17, 15) is 9.59 Å². The molecule has 86 valence electrons. The van der Waals surface area contributed by atoms with Crippen LogP contribution in [0.4, 0.5) is 0 Å². The predicted octanol–water partition coefficient (Wildman–Crippen LogP) is 2.92. The van der Waals surface area contributed by atoms with Gasteiger partial charge < -0.3 is 9.47 Å². The molecule has 0 aliphatic rings. The maximum Gasteiger partial charge on any atom is 0.337 e. The van der Waals surface area contributed by atoms with E-state index in [-0.39, 0.29) is 0 Å². The van der Waals surface area contributed by atoms with E-state index in [2.05, 4.69) is 36.6 Å². The standard InChI is InChI=1S/C10H8Br2O4/c1-5(13)16-9-7(11)3-6(4-8(9)12)10(14)15-2/h3-4H,1-2H3. The zero-order valence-corrected chi connectivity index (χ0v) is 11.7. The van der Waals surface area contributed by atoms with Gasteiger partial charge in [0.05, 0.1) is 21.6 Å². The Morgan fingerprint density at radius 1 is 1.19 bits per heavy atom. The van der Waals surface area contributed by atoms with Crippen LogP contribution in [0.1, 0.15) is 17.3 Å². The van der Waals surface area contributed by atoms with Crippen molar-refractivity contribution in [3.05, 3.63) is 26.6 Å². The Morgan fingerprint density at radius 2 is 1.69 bits per heavy atom. The Hall–Kier alpha value is -0.880. The van der Waals surface area contributed by atoms with Crippen molar-refractivity contribution in [3.63, 3.8) is 0 Å². The number of benzene rings is 1. The monoisotopic (exact) mass is 350 g/mol. The average molecular weight is 352 g/mol. The zero-order chi connectivity index (χ0) is 12.3. The highest BCUT2D eigenvalue weighted by Gasteiger charge is 2.14. The summed E-state index contributed by atoms with van der Waals surface area (Å²) < 4.78 is 10.5. The van der Waals surface area contributed by atoms with E-state index < -0.39 is 11.9 Å². The van der Waals surface area contributed by atoms with Crippen molar-refractivity contribution in [1.82, 2.24) is 0 Å². The van der Waals surface area contributed by atoms with E-state index in [4.69, 9.17) is 4.74 Å². The third-order valence-electron chi connectivity index (χ3n) is 1.67. The number of esters is 2. The van der Waals surface area contributed by atoms with Crippen LogP contribution >= 0.6 is 31.9 Å². The fourth-order valence-electron chi connectivity index (χ4n) is 1.04. The lowest BCUT2D eigenvalue weighted by Gasteiger charge is -2.08. The molecule has 1 aromatic rings. The second-order valence-electron chi connectivity index (χ2n) is 2.85. The summed E-state index contributed by atoms with van der Waals surface area (Å²) in [5.74, 6) is -0.567. The van der Waals surface area contributed by atoms with E-state index in [1.165, 1.54) is 26.2 Å². The molecule has 1 rings (SSSR count). The van der Waals surface area contributed by atoms with Gasteiger partial charge in [-0.1, -0.05) is 0 Å². The summed E-state index contributed by atoms with van der Waals surface area (Å²) in [6.07, 6.45) is 0. The van der Waals surface area contributed by atoms with Crippen molar-refractivity contribution in [1.29, 1.82) is 0 Å². The van der Waals surface area contributed by atoms with E-state index >= 15 is 0 Å². The Morgan fingerprint density at radius 3 is 2.06 bits per heavy atom. The summed E-state index contributed by atoms with van der Waals surface area (Å²) >= 11 is 6.42. The number of methoxy groups -OCH3 is 1. The third-order valence-corrected chi connectivity index (χ3v) is 2.84. The lowest BCUT2D eigenvalue weighted by atomic mass is 10.2. The van der Waals surface area contributed by atoms with Crippen molar-refractivity contribution in [2.24, 2.45) is 0 Å². The van der Waals surface area contributed by atoms with Crippen LogP contribution < -0.4 is 4.74 Å². The van der Waals surface area contributed by atoms with Gasteiger partial charge in [-0.3, -0.25) is 4.79 Å². The normalized spacial score (nSPS) is 9.75. The average Bonchev–Trinajstić information content (AvgIpc) is 2.21. The van der Waals surface area contributed by atoms with E-state index in [1.54, 1.807) is 0 Å². The predicted molar refractivity (Wildman–Crippen MR) is 64.5 cm³/mol. The summed E-state index contributed by atoms with van der Waals surface area (Å²) in [4.78, 5) is 22.1. The molecule has 0 fully saturated rings. The van der Waals surface area contributed by atoms with Gasteiger partial charge >= 0.3 is 11.9 Å². The van der Waals surface area contributed by atoms with Crippen molar-refractivity contribution in [3.8, 4) is 5.75 Å². The lowest BCUT2D eigenvalue weighted by Crippen LogP contribution is -2.05. The van der Waals surface area contributed by atoms with Crippen molar-refractivity contribution in [2.45, 2.75) is 6.92 Å². The van der Waals surface area contributed by atoms with E-state index in [1.807, 2.05) is 0 Å². The third kappa shape index (κ3) is 3.05. The fraction of sp³-hybridized carbons (Fsp3) is 0.200. The van der Waals surface area contributed by atoms with Gasteiger partial charge in [0.25, 0.3) is 0 Å². The molecular weight excluding hydrogens is 344 g/mol. The Kier molecular flexibility index (Phi) is 4.49. The van der Waals surface area contributed by atoms with Gasteiger partial charge in [0.2, 0.25) is 0 Å². The van der Waals surface area contributed by atoms with Gasteiger partial charge in [-0.25, -0.2) is 4.79 Å². The van der Waals surface area contributed by atoms with Crippen molar-refractivity contribution >= 4 is 43.8 Å². The van der Waals surface area contributed by atoms with Crippen LogP contribution in [0, 0.1) is 0 Å². The largest absolute Gasteiger partial charge is 0.465 e. The molecule has 1 aromatic carbocycles. The van der Waals surface area contributed by atoms with Crippen molar-refractivity contribution < 1.29 is 19.1 Å². The maximum atomic E-state index is 11.3. The quantitative estimate of drug-likeness (QED) is 0.607. The van der Waals surface area contributed by atoms with E-state index in [0.29, 0.717) is 20.3 Å². The number of carbonyl (C=O) groups excluding carboxylic acids is 2. The molecule has 0 saturated heterocycles. The van der Waals surface area contributed by atoms with E-state index in [0.717, 1.165) is 0 Å². The van der Waals surface area contributed by atoms with Gasteiger partial charge in [-0.05, 0) is 44.0 Å². The summed E-state index contributed by atoms with van der Waals surface area (Å²) in [5.41, 5.74) is 0.358. The molecule has 0 heterocycles. The van der Waals surface area contributed by atoms with Crippen LogP contribution in [0.15, 0.2) is 21.1 Å². The molecule has 6 heteroatoms. The van der Waals surface area contributed by atoms with Crippen LogP contribution in [0.5, 0.6) is 5.75 Å². The van der Waals surface area contributed by atoms with Gasteiger partial charge in [0.15, 0.2) is 5.75 Å². The lowest BCUT2D eigenvalue weighted by molar-refractivity contribution is -0.131. The maximum absolute atomic E-state index is 11.3. The molecule has 0 unspecified atom stereocenters. The van der Waals surface area contributed by atoms with Gasteiger partial charge in [0, 0.05) is 6.92 Å². The Bertz CT molecular complexity index is 419. The molecule has 0 N–H and O–H groups in total. The first-order chi connectivity index (χ1) is 7.45.